The van der Waals surface area contributed by atoms with Crippen LogP contribution in [-0.2, 0) is 9.47 Å². The van der Waals surface area contributed by atoms with Crippen molar-refractivity contribution in [2.24, 2.45) is 0 Å². The van der Waals surface area contributed by atoms with Crippen molar-refractivity contribution < 1.29 is 14.3 Å². The Hall–Kier alpha value is -2.12. The molecular weight excluding hydrogens is 260 g/mol. The number of aromatic amines is 1. The van der Waals surface area contributed by atoms with E-state index >= 15 is 0 Å². The molecule has 0 spiro atoms. The third-order valence-electron chi connectivity index (χ3n) is 3.07. The smallest absolute Gasteiger partial charge is 0.319 e. The molecule has 2 amide bonds. The Morgan fingerprint density at radius 2 is 2.40 bits per heavy atom. The van der Waals surface area contributed by atoms with Gasteiger partial charge in [-0.1, -0.05) is 0 Å². The lowest BCUT2D eigenvalue weighted by atomic mass is 10.2. The van der Waals surface area contributed by atoms with Crippen molar-refractivity contribution >= 4 is 22.6 Å². The minimum Gasteiger partial charge on any atom is -0.376 e. The summed E-state index contributed by atoms with van der Waals surface area (Å²) < 4.78 is 10.7. The number of H-pyrrole nitrogens is 1. The predicted molar refractivity (Wildman–Crippen MR) is 73.7 cm³/mol. The molecule has 1 aromatic carbocycles. The number of carbonyl (C=O) groups excluding carboxylic acids is 1. The van der Waals surface area contributed by atoms with Crippen LogP contribution < -0.4 is 10.6 Å². The average Bonchev–Trinajstić information content (AvgIpc) is 2.94. The molecule has 3 N–H and O–H groups in total. The SMILES string of the molecule is O=C(NC[C@@H]1COCCO1)Nc1ccc2[nH]ncc2c1. The molecule has 20 heavy (non-hydrogen) atoms. The number of urea groups is 1. The van der Waals surface area contributed by atoms with Gasteiger partial charge in [0.1, 0.15) is 0 Å². The molecule has 3 rings (SSSR count). The van der Waals surface area contributed by atoms with Crippen molar-refractivity contribution in [3.05, 3.63) is 24.4 Å². The van der Waals surface area contributed by atoms with Crippen molar-refractivity contribution in [2.45, 2.75) is 6.10 Å². The van der Waals surface area contributed by atoms with Crippen LogP contribution in [0.3, 0.4) is 0 Å². The Balaban J connectivity index is 1.52. The molecule has 0 saturated carbocycles. The molecule has 7 heteroatoms. The maximum atomic E-state index is 11.8. The average molecular weight is 276 g/mol. The standard InChI is InChI=1S/C13H16N4O3/c18-13(14-7-11-8-19-3-4-20-11)16-10-1-2-12-9(5-10)6-15-17-12/h1-2,5-6,11H,3-4,7-8H2,(H,15,17)(H2,14,16,18)/t11-/m1/s1. The number of anilines is 1. The minimum atomic E-state index is -0.262. The highest BCUT2D eigenvalue weighted by Crippen LogP contribution is 2.16. The van der Waals surface area contributed by atoms with E-state index in [9.17, 15) is 4.79 Å². The lowest BCUT2D eigenvalue weighted by Gasteiger charge is -2.23. The number of carbonyl (C=O) groups is 1. The van der Waals surface area contributed by atoms with E-state index in [4.69, 9.17) is 9.47 Å². The van der Waals surface area contributed by atoms with Crippen molar-refractivity contribution in [3.63, 3.8) is 0 Å². The Labute approximate surface area is 115 Å². The van der Waals surface area contributed by atoms with E-state index in [-0.39, 0.29) is 12.1 Å². The van der Waals surface area contributed by atoms with Gasteiger partial charge in [0.25, 0.3) is 0 Å². The molecule has 1 aliphatic rings. The zero-order valence-corrected chi connectivity index (χ0v) is 10.9. The molecule has 0 aliphatic carbocycles. The molecule has 0 radical (unpaired) electrons. The molecule has 1 aromatic heterocycles. The van der Waals surface area contributed by atoms with Gasteiger partial charge >= 0.3 is 6.03 Å². The first kappa shape index (κ1) is 12.9. The summed E-state index contributed by atoms with van der Waals surface area (Å²) in [5.41, 5.74) is 1.65. The predicted octanol–water partition coefficient (Wildman–Crippen LogP) is 1.10. The molecule has 1 aliphatic heterocycles. The zero-order valence-electron chi connectivity index (χ0n) is 10.9. The second-order valence-electron chi connectivity index (χ2n) is 4.57. The first-order valence-electron chi connectivity index (χ1n) is 6.48. The van der Waals surface area contributed by atoms with Crippen molar-refractivity contribution in [3.8, 4) is 0 Å². The van der Waals surface area contributed by atoms with Gasteiger partial charge in [0.05, 0.1) is 37.6 Å². The molecule has 0 bridgehead atoms. The number of hydrogen-bond donors (Lipinski definition) is 3. The van der Waals surface area contributed by atoms with Crippen LogP contribution in [0.4, 0.5) is 10.5 Å². The summed E-state index contributed by atoms with van der Waals surface area (Å²) in [7, 11) is 0. The van der Waals surface area contributed by atoms with E-state index in [1.165, 1.54) is 0 Å². The van der Waals surface area contributed by atoms with E-state index in [0.29, 0.717) is 26.4 Å². The lowest BCUT2D eigenvalue weighted by Crippen LogP contribution is -2.41. The Kier molecular flexibility index (Phi) is 3.80. The first-order chi connectivity index (χ1) is 9.81. The molecule has 106 valence electrons. The fourth-order valence-corrected chi connectivity index (χ4v) is 2.06. The molecule has 2 heterocycles. The largest absolute Gasteiger partial charge is 0.376 e. The summed E-state index contributed by atoms with van der Waals surface area (Å²) in [5.74, 6) is 0. The van der Waals surface area contributed by atoms with Gasteiger partial charge in [-0.05, 0) is 18.2 Å². The highest BCUT2D eigenvalue weighted by atomic mass is 16.6. The van der Waals surface area contributed by atoms with Gasteiger partial charge in [0.15, 0.2) is 0 Å². The van der Waals surface area contributed by atoms with Crippen LogP contribution in [0.2, 0.25) is 0 Å². The molecule has 1 fully saturated rings. The topological polar surface area (TPSA) is 88.3 Å². The van der Waals surface area contributed by atoms with E-state index in [1.807, 2.05) is 18.2 Å². The van der Waals surface area contributed by atoms with Gasteiger partial charge in [0, 0.05) is 17.6 Å². The van der Waals surface area contributed by atoms with E-state index < -0.39 is 0 Å². The fourth-order valence-electron chi connectivity index (χ4n) is 2.06. The maximum Gasteiger partial charge on any atom is 0.319 e. The summed E-state index contributed by atoms with van der Waals surface area (Å²) in [6.45, 7) is 2.14. The van der Waals surface area contributed by atoms with Crippen LogP contribution in [0.15, 0.2) is 24.4 Å². The third-order valence-corrected chi connectivity index (χ3v) is 3.07. The fraction of sp³-hybridized carbons (Fsp3) is 0.385. The van der Waals surface area contributed by atoms with Crippen LogP contribution in [0.25, 0.3) is 10.9 Å². The van der Waals surface area contributed by atoms with Crippen molar-refractivity contribution in [1.82, 2.24) is 15.5 Å². The van der Waals surface area contributed by atoms with Gasteiger partial charge in [-0.15, -0.1) is 0 Å². The number of ether oxygens (including phenoxy) is 2. The monoisotopic (exact) mass is 276 g/mol. The summed E-state index contributed by atoms with van der Waals surface area (Å²) in [6.07, 6.45) is 1.64. The number of benzene rings is 1. The molecule has 1 saturated heterocycles. The molecule has 0 unspecified atom stereocenters. The molecule has 7 nitrogen and oxygen atoms in total. The van der Waals surface area contributed by atoms with Crippen LogP contribution >= 0.6 is 0 Å². The van der Waals surface area contributed by atoms with Gasteiger partial charge in [-0.3, -0.25) is 5.10 Å². The third kappa shape index (κ3) is 3.06. The quantitative estimate of drug-likeness (QED) is 0.783. The van der Waals surface area contributed by atoms with E-state index in [0.717, 1.165) is 16.6 Å². The Morgan fingerprint density at radius 3 is 3.25 bits per heavy atom. The van der Waals surface area contributed by atoms with Gasteiger partial charge in [-0.2, -0.15) is 5.10 Å². The molecule has 1 atom stereocenters. The van der Waals surface area contributed by atoms with Crippen LogP contribution in [0.5, 0.6) is 0 Å². The number of amides is 2. The summed E-state index contributed by atoms with van der Waals surface area (Å²) >= 11 is 0. The van der Waals surface area contributed by atoms with Crippen LogP contribution in [-0.4, -0.2) is 48.7 Å². The lowest BCUT2D eigenvalue weighted by molar-refractivity contribution is -0.0852. The number of rotatable bonds is 3. The van der Waals surface area contributed by atoms with Crippen molar-refractivity contribution in [2.75, 3.05) is 31.7 Å². The summed E-state index contributed by atoms with van der Waals surface area (Å²) in [6, 6.07) is 5.29. The van der Waals surface area contributed by atoms with E-state index in [1.54, 1.807) is 6.20 Å². The Morgan fingerprint density at radius 1 is 1.45 bits per heavy atom. The zero-order chi connectivity index (χ0) is 13.8. The molecule has 2 aromatic rings. The van der Waals surface area contributed by atoms with Gasteiger partial charge < -0.3 is 20.1 Å². The second-order valence-corrected chi connectivity index (χ2v) is 4.57. The number of hydrogen-bond acceptors (Lipinski definition) is 4. The van der Waals surface area contributed by atoms with Gasteiger partial charge in [-0.25, -0.2) is 4.79 Å². The number of nitrogens with zero attached hydrogens (tertiary/aromatic N) is 1. The summed E-state index contributed by atoms with van der Waals surface area (Å²) in [4.78, 5) is 11.8. The van der Waals surface area contributed by atoms with E-state index in [2.05, 4.69) is 20.8 Å². The van der Waals surface area contributed by atoms with Gasteiger partial charge in [0.2, 0.25) is 0 Å². The molecular formula is C13H16N4O3. The second kappa shape index (κ2) is 5.89. The minimum absolute atomic E-state index is 0.0779. The van der Waals surface area contributed by atoms with Crippen LogP contribution in [0.1, 0.15) is 0 Å². The maximum absolute atomic E-state index is 11.8. The summed E-state index contributed by atoms with van der Waals surface area (Å²) in [5, 5.41) is 13.3. The number of aromatic nitrogens is 2. The van der Waals surface area contributed by atoms with Crippen molar-refractivity contribution in [1.29, 1.82) is 0 Å². The number of fused-ring (bicyclic) bond motifs is 1. The highest BCUT2D eigenvalue weighted by Gasteiger charge is 2.15. The highest BCUT2D eigenvalue weighted by molar-refractivity contribution is 5.92. The first-order valence-corrected chi connectivity index (χ1v) is 6.48. The van der Waals surface area contributed by atoms with Crippen LogP contribution in [0, 0.1) is 0 Å². The number of nitrogens with one attached hydrogen (secondary N) is 3. The Bertz CT molecular complexity index is 592. The normalized spacial score (nSPS) is 18.9.